The van der Waals surface area contributed by atoms with Gasteiger partial charge in [0.2, 0.25) is 0 Å². The number of methoxy groups -OCH3 is 1. The Morgan fingerprint density at radius 2 is 1.77 bits per heavy atom. The van der Waals surface area contributed by atoms with Crippen LogP contribution in [0.5, 0.6) is 5.75 Å². The highest BCUT2D eigenvalue weighted by molar-refractivity contribution is 5.80. The van der Waals surface area contributed by atoms with Gasteiger partial charge in [0.1, 0.15) is 5.75 Å². The maximum Gasteiger partial charge on any atom is 0.188 e. The van der Waals surface area contributed by atoms with Crippen LogP contribution >= 0.6 is 0 Å². The Morgan fingerprint density at radius 3 is 2.32 bits per heavy atom. The predicted octanol–water partition coefficient (Wildman–Crippen LogP) is 3.95. The molecule has 4 saturated carbocycles. The number of para-hydroxylation sites is 1. The molecule has 0 radical (unpaired) electrons. The summed E-state index contributed by atoms with van der Waals surface area (Å²) in [4.78, 5) is 11.4. The Labute approximate surface area is 132 Å². The number of carbonyl (C=O) groups is 1. The second-order valence-corrected chi connectivity index (χ2v) is 7.59. The Hall–Kier alpha value is -1.35. The lowest BCUT2D eigenvalue weighted by Gasteiger charge is -2.57. The first kappa shape index (κ1) is 14.3. The summed E-state index contributed by atoms with van der Waals surface area (Å²) in [5.41, 5.74) is 2.15. The minimum Gasteiger partial charge on any atom is -0.467 e. The summed E-state index contributed by atoms with van der Waals surface area (Å²) in [6, 6.07) is 6.05. The lowest BCUT2D eigenvalue weighted by Crippen LogP contribution is -2.48. The van der Waals surface area contributed by atoms with Crippen LogP contribution in [0, 0.1) is 17.8 Å². The van der Waals surface area contributed by atoms with Crippen molar-refractivity contribution in [2.75, 3.05) is 13.9 Å². The van der Waals surface area contributed by atoms with Gasteiger partial charge in [-0.25, -0.2) is 0 Å². The fourth-order valence-corrected chi connectivity index (χ4v) is 5.78. The van der Waals surface area contributed by atoms with E-state index in [0.29, 0.717) is 5.56 Å². The summed E-state index contributed by atoms with van der Waals surface area (Å²) in [6.45, 7) is 0.199. The molecule has 4 aliphatic carbocycles. The summed E-state index contributed by atoms with van der Waals surface area (Å²) in [5.74, 6) is 3.39. The van der Waals surface area contributed by atoms with Gasteiger partial charge in [0.15, 0.2) is 13.1 Å². The summed E-state index contributed by atoms with van der Waals surface area (Å²) in [5, 5.41) is 0. The average Bonchev–Trinajstić information content (AvgIpc) is 2.51. The van der Waals surface area contributed by atoms with Crippen molar-refractivity contribution in [2.24, 2.45) is 17.8 Å². The highest BCUT2D eigenvalue weighted by atomic mass is 16.7. The third kappa shape index (κ3) is 2.18. The first-order valence-electron chi connectivity index (χ1n) is 8.44. The molecule has 5 rings (SSSR count). The van der Waals surface area contributed by atoms with Crippen LogP contribution in [0.25, 0.3) is 0 Å². The Kier molecular flexibility index (Phi) is 3.48. The molecule has 4 aliphatic rings. The molecular weight excluding hydrogens is 276 g/mol. The Balaban J connectivity index is 1.77. The van der Waals surface area contributed by atoms with Crippen molar-refractivity contribution in [1.82, 2.24) is 0 Å². The Bertz CT molecular complexity index is 543. The van der Waals surface area contributed by atoms with Gasteiger partial charge in [-0.15, -0.1) is 0 Å². The smallest absolute Gasteiger partial charge is 0.188 e. The number of ether oxygens (including phenoxy) is 2. The van der Waals surface area contributed by atoms with Gasteiger partial charge in [0.05, 0.1) is 5.56 Å². The van der Waals surface area contributed by atoms with Gasteiger partial charge in [0.25, 0.3) is 0 Å². The molecule has 3 nitrogen and oxygen atoms in total. The lowest BCUT2D eigenvalue weighted by atomic mass is 9.48. The molecule has 1 aromatic rings. The van der Waals surface area contributed by atoms with Crippen molar-refractivity contribution in [1.29, 1.82) is 0 Å². The van der Waals surface area contributed by atoms with Gasteiger partial charge in [-0.3, -0.25) is 4.79 Å². The minimum atomic E-state index is 0.199. The van der Waals surface area contributed by atoms with E-state index in [4.69, 9.17) is 9.47 Å². The molecule has 1 aromatic carbocycles. The van der Waals surface area contributed by atoms with Gasteiger partial charge in [-0.2, -0.15) is 0 Å². The zero-order valence-electron chi connectivity index (χ0n) is 13.2. The van der Waals surface area contributed by atoms with Crippen LogP contribution in [0.2, 0.25) is 0 Å². The number of carbonyl (C=O) groups excluding carboxylic acids is 1. The highest BCUT2D eigenvalue weighted by Crippen LogP contribution is 2.62. The first-order valence-corrected chi connectivity index (χ1v) is 8.44. The quantitative estimate of drug-likeness (QED) is 0.610. The predicted molar refractivity (Wildman–Crippen MR) is 84.2 cm³/mol. The summed E-state index contributed by atoms with van der Waals surface area (Å²) in [6.07, 6.45) is 8.97. The standard InChI is InChI=1S/C19H24O3/c1-21-12-22-18-16(11-20)3-2-4-17(18)19-8-13-5-14(9-19)7-15(6-13)10-19/h2-4,11,13-15H,5-10,12H2,1H3. The lowest BCUT2D eigenvalue weighted by molar-refractivity contribution is -0.00888. The van der Waals surface area contributed by atoms with Gasteiger partial charge < -0.3 is 9.47 Å². The van der Waals surface area contributed by atoms with Crippen molar-refractivity contribution < 1.29 is 14.3 Å². The third-order valence-corrected chi connectivity index (χ3v) is 6.10. The van der Waals surface area contributed by atoms with E-state index < -0.39 is 0 Å². The SMILES string of the molecule is COCOc1c(C=O)cccc1C12CC3CC(CC(C3)C1)C2. The maximum absolute atomic E-state index is 11.4. The molecule has 4 bridgehead atoms. The molecule has 0 N–H and O–H groups in total. The van der Waals surface area contributed by atoms with Crippen LogP contribution in [0.3, 0.4) is 0 Å². The molecule has 0 amide bonds. The molecule has 0 spiro atoms. The van der Waals surface area contributed by atoms with Crippen molar-refractivity contribution in [3.8, 4) is 5.75 Å². The van der Waals surface area contributed by atoms with E-state index in [0.717, 1.165) is 29.8 Å². The van der Waals surface area contributed by atoms with Crippen LogP contribution in [-0.4, -0.2) is 20.2 Å². The van der Waals surface area contributed by atoms with Gasteiger partial charge in [0, 0.05) is 12.7 Å². The molecule has 0 aromatic heterocycles. The second kappa shape index (κ2) is 5.38. The van der Waals surface area contributed by atoms with E-state index in [1.54, 1.807) is 7.11 Å². The molecule has 0 atom stereocenters. The second-order valence-electron chi connectivity index (χ2n) is 7.59. The molecule has 22 heavy (non-hydrogen) atoms. The van der Waals surface area contributed by atoms with Crippen LogP contribution in [0.4, 0.5) is 0 Å². The van der Waals surface area contributed by atoms with E-state index in [2.05, 4.69) is 6.07 Å². The number of hydrogen-bond acceptors (Lipinski definition) is 3. The molecular formula is C19H24O3. The van der Waals surface area contributed by atoms with Crippen molar-refractivity contribution in [2.45, 2.75) is 43.9 Å². The number of benzene rings is 1. The maximum atomic E-state index is 11.4. The number of hydrogen-bond donors (Lipinski definition) is 0. The van der Waals surface area contributed by atoms with Gasteiger partial charge in [-0.1, -0.05) is 12.1 Å². The number of rotatable bonds is 5. The van der Waals surface area contributed by atoms with E-state index in [9.17, 15) is 4.79 Å². The van der Waals surface area contributed by atoms with Crippen LogP contribution in [0.1, 0.15) is 54.4 Å². The van der Waals surface area contributed by atoms with Crippen LogP contribution in [-0.2, 0) is 10.2 Å². The molecule has 118 valence electrons. The molecule has 0 unspecified atom stereocenters. The van der Waals surface area contributed by atoms with Gasteiger partial charge in [-0.05, 0) is 67.8 Å². The summed E-state index contributed by atoms with van der Waals surface area (Å²) < 4.78 is 10.9. The van der Waals surface area contributed by atoms with Crippen molar-refractivity contribution in [3.05, 3.63) is 29.3 Å². The third-order valence-electron chi connectivity index (χ3n) is 6.10. The molecule has 0 aliphatic heterocycles. The molecule has 0 saturated heterocycles. The molecule has 3 heteroatoms. The summed E-state index contributed by atoms with van der Waals surface area (Å²) in [7, 11) is 1.62. The zero-order chi connectivity index (χ0) is 15.2. The minimum absolute atomic E-state index is 0.199. The highest BCUT2D eigenvalue weighted by Gasteiger charge is 2.52. The fourth-order valence-electron chi connectivity index (χ4n) is 5.78. The van der Waals surface area contributed by atoms with E-state index in [1.807, 2.05) is 12.1 Å². The zero-order valence-corrected chi connectivity index (χ0v) is 13.2. The average molecular weight is 300 g/mol. The number of aldehydes is 1. The molecule has 0 heterocycles. The first-order chi connectivity index (χ1) is 10.7. The summed E-state index contributed by atoms with van der Waals surface area (Å²) >= 11 is 0. The fraction of sp³-hybridized carbons (Fsp3) is 0.632. The molecule has 4 fully saturated rings. The van der Waals surface area contributed by atoms with E-state index in [1.165, 1.54) is 44.1 Å². The van der Waals surface area contributed by atoms with Crippen LogP contribution < -0.4 is 4.74 Å². The largest absolute Gasteiger partial charge is 0.467 e. The normalized spacial score (nSPS) is 35.6. The monoisotopic (exact) mass is 300 g/mol. The van der Waals surface area contributed by atoms with Gasteiger partial charge >= 0.3 is 0 Å². The Morgan fingerprint density at radius 1 is 1.14 bits per heavy atom. The van der Waals surface area contributed by atoms with E-state index in [-0.39, 0.29) is 12.2 Å². The van der Waals surface area contributed by atoms with Crippen LogP contribution in [0.15, 0.2) is 18.2 Å². The topological polar surface area (TPSA) is 35.5 Å². The van der Waals surface area contributed by atoms with Crippen molar-refractivity contribution in [3.63, 3.8) is 0 Å². The van der Waals surface area contributed by atoms with Crippen molar-refractivity contribution >= 4 is 6.29 Å². The van der Waals surface area contributed by atoms with E-state index >= 15 is 0 Å².